The van der Waals surface area contributed by atoms with Gasteiger partial charge in [-0.15, -0.1) is 11.3 Å². The highest BCUT2D eigenvalue weighted by molar-refractivity contribution is 7.10. The number of thiophene rings is 1. The largest absolute Gasteiger partial charge is 0.338 e. The van der Waals surface area contributed by atoms with Crippen LogP contribution in [0.1, 0.15) is 27.6 Å². The Hall–Kier alpha value is -3.23. The number of rotatable bonds is 4. The van der Waals surface area contributed by atoms with Crippen LogP contribution in [0.2, 0.25) is 0 Å². The number of nitrogens with zero attached hydrogens (tertiary/aromatic N) is 3. The summed E-state index contributed by atoms with van der Waals surface area (Å²) in [5, 5.41) is 5.00. The molecule has 2 aliphatic rings. The Morgan fingerprint density at radius 3 is 2.49 bits per heavy atom. The van der Waals surface area contributed by atoms with Crippen molar-refractivity contribution in [1.82, 2.24) is 14.7 Å². The average Bonchev–Trinajstić information content (AvgIpc) is 3.34. The van der Waals surface area contributed by atoms with Gasteiger partial charge in [-0.2, -0.15) is 0 Å². The molecule has 0 radical (unpaired) electrons. The molecular weight excluding hydrogens is 463 g/mol. The minimum absolute atomic E-state index is 0.0451. The molecule has 3 aromatic rings. The van der Waals surface area contributed by atoms with E-state index in [-0.39, 0.29) is 30.3 Å². The number of hydrogen-bond acceptors (Lipinski definition) is 4. The van der Waals surface area contributed by atoms with Gasteiger partial charge in [-0.25, -0.2) is 9.18 Å². The third-order valence-corrected chi connectivity index (χ3v) is 7.79. The smallest absolute Gasteiger partial charge is 0.321 e. The van der Waals surface area contributed by atoms with Crippen molar-refractivity contribution >= 4 is 29.0 Å². The maximum atomic E-state index is 14.0. The molecule has 6 nitrogen and oxygen atoms in total. The van der Waals surface area contributed by atoms with Crippen LogP contribution < -0.4 is 5.32 Å². The van der Waals surface area contributed by atoms with Crippen LogP contribution in [-0.2, 0) is 11.2 Å². The zero-order valence-corrected chi connectivity index (χ0v) is 20.6. The maximum Gasteiger partial charge on any atom is 0.321 e. The highest BCUT2D eigenvalue weighted by atomic mass is 32.1. The van der Waals surface area contributed by atoms with Crippen LogP contribution in [0, 0.1) is 12.7 Å². The second kappa shape index (κ2) is 10.2. The normalized spacial score (nSPS) is 18.3. The fourth-order valence-electron chi connectivity index (χ4n) is 4.88. The molecular formula is C27H29FN4O2S. The van der Waals surface area contributed by atoms with Gasteiger partial charge >= 0.3 is 6.03 Å². The molecule has 0 spiro atoms. The summed E-state index contributed by atoms with van der Waals surface area (Å²) in [6.07, 6.45) is 0.888. The average molecular weight is 493 g/mol. The van der Waals surface area contributed by atoms with E-state index in [0.29, 0.717) is 26.2 Å². The van der Waals surface area contributed by atoms with E-state index in [2.05, 4.69) is 21.7 Å². The number of benzene rings is 2. The molecule has 1 aromatic heterocycles. The molecule has 1 unspecified atom stereocenters. The van der Waals surface area contributed by atoms with Crippen LogP contribution in [0.4, 0.5) is 14.9 Å². The first-order valence-electron chi connectivity index (χ1n) is 11.9. The standard InChI is InChI=1S/C27H29FN4O2S/c1-19-5-7-22(8-6-19)29-27(34)31-14-12-30(13-15-31)25(33)18-32-11-9-24-23(10-16-35-24)26(32)20-3-2-4-21(28)17-20/h2-8,10,16-17,26H,9,11-15,18H2,1H3,(H,29,34). The van der Waals surface area contributed by atoms with Gasteiger partial charge in [0, 0.05) is 43.3 Å². The van der Waals surface area contributed by atoms with E-state index in [1.54, 1.807) is 28.4 Å². The van der Waals surface area contributed by atoms with E-state index < -0.39 is 0 Å². The highest BCUT2D eigenvalue weighted by Crippen LogP contribution is 2.37. The Labute approximate surface area is 209 Å². The topological polar surface area (TPSA) is 55.9 Å². The monoisotopic (exact) mass is 492 g/mol. The lowest BCUT2D eigenvalue weighted by Gasteiger charge is -2.39. The molecule has 0 aliphatic carbocycles. The van der Waals surface area contributed by atoms with Gasteiger partial charge in [0.2, 0.25) is 5.91 Å². The Morgan fingerprint density at radius 1 is 1.00 bits per heavy atom. The van der Waals surface area contributed by atoms with E-state index in [4.69, 9.17) is 0 Å². The summed E-state index contributed by atoms with van der Waals surface area (Å²) in [6, 6.07) is 16.2. The van der Waals surface area contributed by atoms with E-state index in [0.717, 1.165) is 35.3 Å². The van der Waals surface area contributed by atoms with Crippen molar-refractivity contribution in [2.75, 3.05) is 44.6 Å². The number of hydrogen-bond donors (Lipinski definition) is 1. The van der Waals surface area contributed by atoms with Crippen molar-refractivity contribution in [3.63, 3.8) is 0 Å². The summed E-state index contributed by atoms with van der Waals surface area (Å²) in [7, 11) is 0. The molecule has 182 valence electrons. The zero-order valence-electron chi connectivity index (χ0n) is 19.7. The number of piperazine rings is 1. The van der Waals surface area contributed by atoms with Gasteiger partial charge in [0.1, 0.15) is 5.82 Å². The zero-order chi connectivity index (χ0) is 24.4. The molecule has 1 fully saturated rings. The summed E-state index contributed by atoms with van der Waals surface area (Å²) in [5.41, 5.74) is 3.94. The number of urea groups is 1. The molecule has 5 rings (SSSR count). The van der Waals surface area contributed by atoms with Crippen LogP contribution in [0.5, 0.6) is 0 Å². The van der Waals surface area contributed by atoms with Gasteiger partial charge in [0.05, 0.1) is 12.6 Å². The lowest BCUT2D eigenvalue weighted by atomic mass is 9.93. The molecule has 35 heavy (non-hydrogen) atoms. The van der Waals surface area contributed by atoms with Crippen molar-refractivity contribution in [2.45, 2.75) is 19.4 Å². The first-order chi connectivity index (χ1) is 17.0. The van der Waals surface area contributed by atoms with Crippen LogP contribution in [0.25, 0.3) is 0 Å². The number of amides is 3. The van der Waals surface area contributed by atoms with E-state index in [1.165, 1.54) is 10.9 Å². The molecule has 8 heteroatoms. The van der Waals surface area contributed by atoms with Crippen molar-refractivity contribution in [3.8, 4) is 0 Å². The predicted molar refractivity (Wildman–Crippen MR) is 136 cm³/mol. The molecule has 1 atom stereocenters. The molecule has 1 saturated heterocycles. The van der Waals surface area contributed by atoms with Crippen molar-refractivity contribution in [2.24, 2.45) is 0 Å². The lowest BCUT2D eigenvalue weighted by Crippen LogP contribution is -2.54. The van der Waals surface area contributed by atoms with Gasteiger partial charge in [0.15, 0.2) is 0 Å². The summed E-state index contributed by atoms with van der Waals surface area (Å²) in [5.74, 6) is -0.222. The Kier molecular flexibility index (Phi) is 6.83. The maximum absolute atomic E-state index is 14.0. The van der Waals surface area contributed by atoms with Crippen LogP contribution in [0.3, 0.4) is 0 Å². The molecule has 3 amide bonds. The molecule has 2 aromatic carbocycles. The summed E-state index contributed by atoms with van der Waals surface area (Å²) >= 11 is 1.72. The van der Waals surface area contributed by atoms with E-state index in [1.807, 2.05) is 42.2 Å². The van der Waals surface area contributed by atoms with E-state index in [9.17, 15) is 14.0 Å². The number of nitrogens with one attached hydrogen (secondary N) is 1. The number of halogens is 1. The summed E-state index contributed by atoms with van der Waals surface area (Å²) in [4.78, 5) is 32.9. The second-order valence-corrected chi connectivity index (χ2v) is 10.1. The third-order valence-electron chi connectivity index (χ3n) is 6.79. The quantitative estimate of drug-likeness (QED) is 0.583. The fourth-order valence-corrected chi connectivity index (χ4v) is 5.78. The van der Waals surface area contributed by atoms with Gasteiger partial charge in [-0.3, -0.25) is 9.69 Å². The van der Waals surface area contributed by atoms with Crippen LogP contribution in [0.15, 0.2) is 60.0 Å². The summed E-state index contributed by atoms with van der Waals surface area (Å²) in [6.45, 7) is 5.01. The Morgan fingerprint density at radius 2 is 1.74 bits per heavy atom. The number of aryl methyl sites for hydroxylation is 1. The molecule has 1 N–H and O–H groups in total. The van der Waals surface area contributed by atoms with Crippen LogP contribution >= 0.6 is 11.3 Å². The second-order valence-electron chi connectivity index (χ2n) is 9.14. The fraction of sp³-hybridized carbons (Fsp3) is 0.333. The molecule has 0 saturated carbocycles. The highest BCUT2D eigenvalue weighted by Gasteiger charge is 2.33. The number of anilines is 1. The first-order valence-corrected chi connectivity index (χ1v) is 12.8. The van der Waals surface area contributed by atoms with E-state index >= 15 is 0 Å². The Bertz CT molecular complexity index is 1200. The van der Waals surface area contributed by atoms with Crippen molar-refractivity contribution < 1.29 is 14.0 Å². The van der Waals surface area contributed by atoms with Gasteiger partial charge in [-0.1, -0.05) is 29.8 Å². The molecule has 3 heterocycles. The van der Waals surface area contributed by atoms with Crippen molar-refractivity contribution in [1.29, 1.82) is 0 Å². The number of fused-ring (bicyclic) bond motifs is 1. The van der Waals surface area contributed by atoms with Crippen molar-refractivity contribution in [3.05, 3.63) is 87.4 Å². The minimum Gasteiger partial charge on any atom is -0.338 e. The first kappa shape index (κ1) is 23.5. The van der Waals surface area contributed by atoms with Gasteiger partial charge < -0.3 is 15.1 Å². The Balaban J connectivity index is 1.21. The molecule has 2 aliphatic heterocycles. The van der Waals surface area contributed by atoms with Gasteiger partial charge in [0.25, 0.3) is 0 Å². The SMILES string of the molecule is Cc1ccc(NC(=O)N2CCN(C(=O)CN3CCc4sccc4C3c3cccc(F)c3)CC2)cc1. The number of carbonyl (C=O) groups is 2. The predicted octanol–water partition coefficient (Wildman–Crippen LogP) is 4.52. The minimum atomic E-state index is -0.267. The summed E-state index contributed by atoms with van der Waals surface area (Å²) < 4.78 is 14.0. The van der Waals surface area contributed by atoms with Gasteiger partial charge in [-0.05, 0) is 60.2 Å². The molecule has 0 bridgehead atoms. The lowest BCUT2D eigenvalue weighted by molar-refractivity contribution is -0.134. The third kappa shape index (κ3) is 5.23. The van der Waals surface area contributed by atoms with Crippen LogP contribution in [-0.4, -0.2) is 65.9 Å². The number of carbonyl (C=O) groups excluding carboxylic acids is 2.